The van der Waals surface area contributed by atoms with Gasteiger partial charge in [-0.1, -0.05) is 42.1 Å². The minimum Gasteiger partial charge on any atom is -0.331 e. The lowest BCUT2D eigenvalue weighted by molar-refractivity contribution is -0.933. The lowest BCUT2D eigenvalue weighted by atomic mass is 10.1. The summed E-state index contributed by atoms with van der Waals surface area (Å²) in [5.41, 5.74) is 1.36. The van der Waals surface area contributed by atoms with E-state index >= 15 is 0 Å². The van der Waals surface area contributed by atoms with E-state index in [4.69, 9.17) is 0 Å². The average molecular weight is 361 g/mol. The van der Waals surface area contributed by atoms with Crippen LogP contribution >= 0.6 is 11.8 Å². The smallest absolute Gasteiger partial charge is 0.233 e. The molecule has 1 amide bonds. The summed E-state index contributed by atoms with van der Waals surface area (Å²) in [6.07, 6.45) is 0. The molecule has 1 fully saturated rings. The van der Waals surface area contributed by atoms with Crippen LogP contribution in [-0.4, -0.2) is 62.9 Å². The maximum absolute atomic E-state index is 12.5. The van der Waals surface area contributed by atoms with Gasteiger partial charge in [0.1, 0.15) is 6.04 Å². The van der Waals surface area contributed by atoms with E-state index in [1.807, 2.05) is 11.8 Å². The standard InChI is InChI=1S/C17H24N6OS/c1-3-23-17(18-19-20-23)25-13-16(24)22-11-9-21(10-12-22)14(2)15-7-5-4-6-8-15/h4-8,14H,3,9-13H2,1-2H3/p+1/t14-/m0/s1. The first-order valence-corrected chi connectivity index (χ1v) is 9.74. The molecule has 0 saturated carbocycles. The Morgan fingerprint density at radius 3 is 2.68 bits per heavy atom. The molecule has 134 valence electrons. The van der Waals surface area contributed by atoms with Gasteiger partial charge in [-0.2, -0.15) is 0 Å². The SMILES string of the molecule is CCn1nnnc1SCC(=O)N1CC[NH+]([C@@H](C)c2ccccc2)CC1. The predicted octanol–water partition coefficient (Wildman–Crippen LogP) is 0.273. The van der Waals surface area contributed by atoms with E-state index in [-0.39, 0.29) is 5.91 Å². The molecule has 1 saturated heterocycles. The second-order valence-corrected chi connectivity index (χ2v) is 7.18. The van der Waals surface area contributed by atoms with Crippen molar-refractivity contribution >= 4 is 17.7 Å². The van der Waals surface area contributed by atoms with Crippen molar-refractivity contribution in [3.63, 3.8) is 0 Å². The fraction of sp³-hybridized carbons (Fsp3) is 0.529. The maximum atomic E-state index is 12.5. The highest BCUT2D eigenvalue weighted by Crippen LogP contribution is 2.14. The molecule has 1 aliphatic rings. The lowest BCUT2D eigenvalue weighted by Crippen LogP contribution is -3.14. The van der Waals surface area contributed by atoms with E-state index < -0.39 is 0 Å². The fourth-order valence-corrected chi connectivity index (χ4v) is 4.01. The van der Waals surface area contributed by atoms with E-state index in [1.54, 1.807) is 4.68 Å². The van der Waals surface area contributed by atoms with Gasteiger partial charge in [0, 0.05) is 12.1 Å². The van der Waals surface area contributed by atoms with Gasteiger partial charge in [0.05, 0.1) is 31.9 Å². The number of nitrogens with zero attached hydrogens (tertiary/aromatic N) is 5. The Labute approximate surface area is 152 Å². The summed E-state index contributed by atoms with van der Waals surface area (Å²) in [6, 6.07) is 11.1. The third-order valence-corrected chi connectivity index (χ3v) is 5.74. The van der Waals surface area contributed by atoms with Crippen molar-refractivity contribution in [3.05, 3.63) is 35.9 Å². The van der Waals surface area contributed by atoms with Gasteiger partial charge < -0.3 is 9.80 Å². The average Bonchev–Trinajstić information content (AvgIpc) is 3.14. The van der Waals surface area contributed by atoms with Crippen molar-refractivity contribution in [1.29, 1.82) is 0 Å². The summed E-state index contributed by atoms with van der Waals surface area (Å²) in [4.78, 5) is 16.0. The van der Waals surface area contributed by atoms with Gasteiger partial charge in [-0.3, -0.25) is 4.79 Å². The third-order valence-electron chi connectivity index (χ3n) is 4.79. The van der Waals surface area contributed by atoms with Gasteiger partial charge in [-0.05, 0) is 24.3 Å². The van der Waals surface area contributed by atoms with Crippen LogP contribution in [0.3, 0.4) is 0 Å². The summed E-state index contributed by atoms with van der Waals surface area (Å²) in [5, 5.41) is 12.2. The summed E-state index contributed by atoms with van der Waals surface area (Å²) in [5.74, 6) is 0.561. The number of rotatable bonds is 6. The summed E-state index contributed by atoms with van der Waals surface area (Å²) >= 11 is 1.41. The molecule has 1 aromatic heterocycles. The van der Waals surface area contributed by atoms with Crippen molar-refractivity contribution in [2.75, 3.05) is 31.9 Å². The number of amides is 1. The van der Waals surface area contributed by atoms with Gasteiger partial charge in [-0.15, -0.1) is 5.10 Å². The van der Waals surface area contributed by atoms with Crippen LogP contribution < -0.4 is 4.90 Å². The first-order valence-electron chi connectivity index (χ1n) is 8.75. The van der Waals surface area contributed by atoms with Crippen molar-refractivity contribution in [3.8, 4) is 0 Å². The summed E-state index contributed by atoms with van der Waals surface area (Å²) in [6.45, 7) is 8.55. The zero-order chi connectivity index (χ0) is 17.6. The minimum atomic E-state index is 0.169. The van der Waals surface area contributed by atoms with Gasteiger partial charge in [0.25, 0.3) is 0 Å². The molecule has 1 aromatic carbocycles. The Bertz CT molecular complexity index is 683. The summed E-state index contributed by atoms with van der Waals surface area (Å²) < 4.78 is 1.71. The molecule has 0 unspecified atom stereocenters. The van der Waals surface area contributed by atoms with Crippen LogP contribution in [0.25, 0.3) is 0 Å². The molecule has 0 radical (unpaired) electrons. The van der Waals surface area contributed by atoms with E-state index in [0.717, 1.165) is 26.2 Å². The molecule has 2 aromatic rings. The molecule has 25 heavy (non-hydrogen) atoms. The molecule has 3 rings (SSSR count). The number of tetrazole rings is 1. The fourth-order valence-electron chi connectivity index (χ4n) is 3.17. The molecule has 2 heterocycles. The van der Waals surface area contributed by atoms with Crippen LogP contribution in [0, 0.1) is 0 Å². The van der Waals surface area contributed by atoms with E-state index in [9.17, 15) is 4.79 Å². The van der Waals surface area contributed by atoms with Crippen LogP contribution in [0.15, 0.2) is 35.5 Å². The Morgan fingerprint density at radius 1 is 1.28 bits per heavy atom. The molecule has 0 spiro atoms. The Morgan fingerprint density at radius 2 is 2.00 bits per heavy atom. The van der Waals surface area contributed by atoms with E-state index in [1.165, 1.54) is 22.2 Å². The van der Waals surface area contributed by atoms with Crippen LogP contribution in [0.5, 0.6) is 0 Å². The number of benzene rings is 1. The number of aryl methyl sites for hydroxylation is 1. The van der Waals surface area contributed by atoms with Crippen LogP contribution in [0.2, 0.25) is 0 Å². The number of nitrogens with one attached hydrogen (secondary N) is 1. The molecule has 0 bridgehead atoms. The normalized spacial score (nSPS) is 16.8. The second-order valence-electron chi connectivity index (χ2n) is 6.24. The molecule has 0 aliphatic carbocycles. The number of hydrogen-bond donors (Lipinski definition) is 1. The van der Waals surface area contributed by atoms with E-state index in [0.29, 0.717) is 23.5 Å². The number of thioether (sulfide) groups is 1. The Hall–Kier alpha value is -1.93. The molecular formula is C17H25N6OS+. The van der Waals surface area contributed by atoms with Crippen LogP contribution in [0.1, 0.15) is 25.5 Å². The first kappa shape index (κ1) is 17.9. The minimum absolute atomic E-state index is 0.169. The monoisotopic (exact) mass is 361 g/mol. The molecular weight excluding hydrogens is 336 g/mol. The van der Waals surface area contributed by atoms with E-state index in [2.05, 4.69) is 52.8 Å². The molecule has 8 heteroatoms. The topological polar surface area (TPSA) is 68.4 Å². The van der Waals surface area contributed by atoms with Gasteiger partial charge in [-0.25, -0.2) is 4.68 Å². The molecule has 1 atom stereocenters. The van der Waals surface area contributed by atoms with Gasteiger partial charge in [0.15, 0.2) is 0 Å². The Kier molecular flexibility index (Phi) is 6.04. The number of carbonyl (C=O) groups excluding carboxylic acids is 1. The highest BCUT2D eigenvalue weighted by Gasteiger charge is 2.27. The molecule has 1 aliphatic heterocycles. The molecule has 7 nitrogen and oxygen atoms in total. The zero-order valence-corrected chi connectivity index (χ0v) is 15.6. The number of piperazine rings is 1. The number of carbonyl (C=O) groups is 1. The zero-order valence-electron chi connectivity index (χ0n) is 14.8. The van der Waals surface area contributed by atoms with Crippen molar-refractivity contribution in [2.45, 2.75) is 31.6 Å². The number of hydrogen-bond acceptors (Lipinski definition) is 5. The predicted molar refractivity (Wildman–Crippen MR) is 96.3 cm³/mol. The number of aromatic nitrogens is 4. The van der Waals surface area contributed by atoms with Crippen LogP contribution in [0.4, 0.5) is 0 Å². The van der Waals surface area contributed by atoms with Crippen molar-refractivity contribution in [1.82, 2.24) is 25.1 Å². The largest absolute Gasteiger partial charge is 0.331 e. The lowest BCUT2D eigenvalue weighted by Gasteiger charge is -2.35. The van der Waals surface area contributed by atoms with Crippen molar-refractivity contribution in [2.24, 2.45) is 0 Å². The van der Waals surface area contributed by atoms with Crippen molar-refractivity contribution < 1.29 is 9.69 Å². The third kappa shape index (κ3) is 4.38. The highest BCUT2D eigenvalue weighted by molar-refractivity contribution is 7.99. The highest BCUT2D eigenvalue weighted by atomic mass is 32.2. The Balaban J connectivity index is 1.47. The number of quaternary nitrogens is 1. The quantitative estimate of drug-likeness (QED) is 0.748. The second kappa shape index (κ2) is 8.44. The van der Waals surface area contributed by atoms with Crippen LogP contribution in [-0.2, 0) is 11.3 Å². The maximum Gasteiger partial charge on any atom is 0.233 e. The molecule has 1 N–H and O–H groups in total. The first-order chi connectivity index (χ1) is 12.2. The van der Waals surface area contributed by atoms with Gasteiger partial charge >= 0.3 is 0 Å². The summed E-state index contributed by atoms with van der Waals surface area (Å²) in [7, 11) is 0. The van der Waals surface area contributed by atoms with Gasteiger partial charge in [0.2, 0.25) is 11.1 Å².